The molecule has 6 heteroatoms. The lowest BCUT2D eigenvalue weighted by Crippen LogP contribution is -2.19. The monoisotopic (exact) mass is 307 g/mol. The summed E-state index contributed by atoms with van der Waals surface area (Å²) in [5, 5.41) is 3.87. The van der Waals surface area contributed by atoms with E-state index in [0.717, 1.165) is 17.8 Å². The summed E-state index contributed by atoms with van der Waals surface area (Å²) in [7, 11) is 3.28. The maximum atomic E-state index is 5.97. The van der Waals surface area contributed by atoms with Gasteiger partial charge in [0.25, 0.3) is 0 Å². The summed E-state index contributed by atoms with van der Waals surface area (Å²) >= 11 is 5.97. The second-order valence-electron chi connectivity index (χ2n) is 4.39. The number of hydrogen-bond acceptors (Lipinski definition) is 5. The molecule has 1 aromatic carbocycles. The van der Waals surface area contributed by atoms with Crippen molar-refractivity contribution in [3.63, 3.8) is 0 Å². The molecular formula is C15H18ClN3O2. The van der Waals surface area contributed by atoms with Gasteiger partial charge < -0.3 is 14.8 Å². The molecule has 112 valence electrons. The van der Waals surface area contributed by atoms with Gasteiger partial charge in [-0.05, 0) is 24.3 Å². The molecular weight excluding hydrogens is 290 g/mol. The average molecular weight is 308 g/mol. The number of aromatic nitrogens is 2. The summed E-state index contributed by atoms with van der Waals surface area (Å²) in [4.78, 5) is 8.85. The molecule has 0 spiro atoms. The summed E-state index contributed by atoms with van der Waals surface area (Å²) in [6.07, 6.45) is 1.74. The summed E-state index contributed by atoms with van der Waals surface area (Å²) < 4.78 is 10.3. The van der Waals surface area contributed by atoms with Gasteiger partial charge in [0.05, 0.1) is 25.0 Å². The molecule has 0 bridgehead atoms. The van der Waals surface area contributed by atoms with E-state index in [1.807, 2.05) is 12.1 Å². The van der Waals surface area contributed by atoms with Crippen molar-refractivity contribution in [1.82, 2.24) is 15.3 Å². The van der Waals surface area contributed by atoms with Crippen molar-refractivity contribution in [3.05, 3.63) is 41.2 Å². The molecule has 2 aromatic rings. The van der Waals surface area contributed by atoms with Crippen LogP contribution in [-0.2, 0) is 11.3 Å². The van der Waals surface area contributed by atoms with Crippen molar-refractivity contribution in [2.75, 3.05) is 27.4 Å². The Morgan fingerprint density at radius 2 is 2.10 bits per heavy atom. The molecule has 0 amide bonds. The summed E-state index contributed by atoms with van der Waals surface area (Å²) in [6, 6.07) is 7.29. The summed E-state index contributed by atoms with van der Waals surface area (Å²) in [6.45, 7) is 2.11. The van der Waals surface area contributed by atoms with E-state index in [1.54, 1.807) is 32.5 Å². The van der Waals surface area contributed by atoms with Crippen LogP contribution in [0, 0.1) is 0 Å². The van der Waals surface area contributed by atoms with Crippen molar-refractivity contribution in [3.8, 4) is 17.1 Å². The first-order valence-corrected chi connectivity index (χ1v) is 6.98. The zero-order valence-corrected chi connectivity index (χ0v) is 12.9. The minimum absolute atomic E-state index is 0.619. The standard InChI is InChI=1S/C15H18ClN3O2/c1-20-8-7-17-10-12-5-6-18-15(19-12)13-4-3-11(16)9-14(13)21-2/h3-6,9,17H,7-8,10H2,1-2H3. The lowest BCUT2D eigenvalue weighted by molar-refractivity contribution is 0.199. The van der Waals surface area contributed by atoms with Crippen LogP contribution in [0.4, 0.5) is 0 Å². The molecule has 0 aliphatic heterocycles. The fourth-order valence-corrected chi connectivity index (χ4v) is 2.03. The van der Waals surface area contributed by atoms with Crippen LogP contribution >= 0.6 is 11.6 Å². The third-order valence-electron chi connectivity index (χ3n) is 2.91. The molecule has 0 fully saturated rings. The molecule has 0 aliphatic rings. The number of ether oxygens (including phenoxy) is 2. The molecule has 1 N–H and O–H groups in total. The Labute approximate surface area is 129 Å². The molecule has 0 aliphatic carbocycles. The van der Waals surface area contributed by atoms with E-state index in [0.29, 0.717) is 29.7 Å². The number of hydrogen-bond donors (Lipinski definition) is 1. The molecule has 5 nitrogen and oxygen atoms in total. The maximum Gasteiger partial charge on any atom is 0.163 e. The van der Waals surface area contributed by atoms with Crippen LogP contribution in [-0.4, -0.2) is 37.3 Å². The molecule has 2 rings (SSSR count). The average Bonchev–Trinajstić information content (AvgIpc) is 2.51. The second kappa shape index (κ2) is 7.93. The Kier molecular flexibility index (Phi) is 5.92. The highest BCUT2D eigenvalue weighted by Crippen LogP contribution is 2.30. The molecule has 0 radical (unpaired) electrons. The number of methoxy groups -OCH3 is 2. The maximum absolute atomic E-state index is 5.97. The van der Waals surface area contributed by atoms with Gasteiger partial charge in [-0.15, -0.1) is 0 Å². The van der Waals surface area contributed by atoms with Crippen molar-refractivity contribution >= 4 is 11.6 Å². The van der Waals surface area contributed by atoms with Gasteiger partial charge in [0, 0.05) is 31.4 Å². The van der Waals surface area contributed by atoms with Crippen LogP contribution in [0.1, 0.15) is 5.69 Å². The zero-order valence-electron chi connectivity index (χ0n) is 12.1. The molecule has 1 heterocycles. The summed E-state index contributed by atoms with van der Waals surface area (Å²) in [5.41, 5.74) is 1.73. The molecule has 1 aromatic heterocycles. The van der Waals surface area contributed by atoms with E-state index in [9.17, 15) is 0 Å². The predicted molar refractivity (Wildman–Crippen MR) is 82.6 cm³/mol. The topological polar surface area (TPSA) is 56.3 Å². The molecule has 0 saturated carbocycles. The predicted octanol–water partition coefficient (Wildman–Crippen LogP) is 2.54. The van der Waals surface area contributed by atoms with Crippen LogP contribution < -0.4 is 10.1 Å². The van der Waals surface area contributed by atoms with Crippen molar-refractivity contribution in [2.24, 2.45) is 0 Å². The Balaban J connectivity index is 2.17. The van der Waals surface area contributed by atoms with Crippen LogP contribution in [0.2, 0.25) is 5.02 Å². The van der Waals surface area contributed by atoms with Crippen LogP contribution in [0.25, 0.3) is 11.4 Å². The highest BCUT2D eigenvalue weighted by atomic mass is 35.5. The lowest BCUT2D eigenvalue weighted by atomic mass is 10.2. The van der Waals surface area contributed by atoms with E-state index in [1.165, 1.54) is 0 Å². The Morgan fingerprint density at radius 3 is 2.86 bits per heavy atom. The molecule has 0 saturated heterocycles. The molecule has 0 unspecified atom stereocenters. The van der Waals surface area contributed by atoms with Gasteiger partial charge in [-0.2, -0.15) is 0 Å². The van der Waals surface area contributed by atoms with Gasteiger partial charge >= 0.3 is 0 Å². The van der Waals surface area contributed by atoms with Gasteiger partial charge in [-0.1, -0.05) is 11.6 Å². The number of nitrogens with one attached hydrogen (secondary N) is 1. The Morgan fingerprint density at radius 1 is 1.24 bits per heavy atom. The van der Waals surface area contributed by atoms with Gasteiger partial charge in [-0.3, -0.25) is 0 Å². The van der Waals surface area contributed by atoms with Gasteiger partial charge in [0.1, 0.15) is 5.75 Å². The Bertz CT molecular complexity index is 593. The van der Waals surface area contributed by atoms with Crippen molar-refractivity contribution in [2.45, 2.75) is 6.54 Å². The van der Waals surface area contributed by atoms with E-state index >= 15 is 0 Å². The first-order chi connectivity index (χ1) is 10.2. The normalized spacial score (nSPS) is 10.6. The first-order valence-electron chi connectivity index (χ1n) is 6.60. The van der Waals surface area contributed by atoms with E-state index in [-0.39, 0.29) is 0 Å². The third-order valence-corrected chi connectivity index (χ3v) is 3.14. The van der Waals surface area contributed by atoms with Crippen molar-refractivity contribution in [1.29, 1.82) is 0 Å². The lowest BCUT2D eigenvalue weighted by Gasteiger charge is -2.09. The van der Waals surface area contributed by atoms with E-state index in [2.05, 4.69) is 15.3 Å². The number of rotatable bonds is 7. The fourth-order valence-electron chi connectivity index (χ4n) is 1.86. The minimum Gasteiger partial charge on any atom is -0.496 e. The van der Waals surface area contributed by atoms with Crippen LogP contribution in [0.15, 0.2) is 30.5 Å². The number of halogens is 1. The molecule has 21 heavy (non-hydrogen) atoms. The fraction of sp³-hybridized carbons (Fsp3) is 0.333. The smallest absolute Gasteiger partial charge is 0.163 e. The highest BCUT2D eigenvalue weighted by molar-refractivity contribution is 6.30. The Hall–Kier alpha value is -1.69. The SMILES string of the molecule is COCCNCc1ccnc(-c2ccc(Cl)cc2OC)n1. The van der Waals surface area contributed by atoms with E-state index < -0.39 is 0 Å². The zero-order chi connectivity index (χ0) is 15.1. The number of nitrogens with zero attached hydrogens (tertiary/aromatic N) is 2. The number of benzene rings is 1. The largest absolute Gasteiger partial charge is 0.496 e. The van der Waals surface area contributed by atoms with Crippen LogP contribution in [0.3, 0.4) is 0 Å². The first kappa shape index (κ1) is 15.7. The van der Waals surface area contributed by atoms with E-state index in [4.69, 9.17) is 21.1 Å². The van der Waals surface area contributed by atoms with Gasteiger partial charge in [0.15, 0.2) is 5.82 Å². The minimum atomic E-state index is 0.619. The quantitative estimate of drug-likeness (QED) is 0.797. The van der Waals surface area contributed by atoms with Gasteiger partial charge in [0.2, 0.25) is 0 Å². The van der Waals surface area contributed by atoms with Gasteiger partial charge in [-0.25, -0.2) is 9.97 Å². The molecule has 0 atom stereocenters. The van der Waals surface area contributed by atoms with Crippen molar-refractivity contribution < 1.29 is 9.47 Å². The van der Waals surface area contributed by atoms with Crippen LogP contribution in [0.5, 0.6) is 5.75 Å². The third kappa shape index (κ3) is 4.39. The second-order valence-corrected chi connectivity index (χ2v) is 4.82. The summed E-state index contributed by atoms with van der Waals surface area (Å²) in [5.74, 6) is 1.28. The highest BCUT2D eigenvalue weighted by Gasteiger charge is 2.09.